The van der Waals surface area contributed by atoms with Gasteiger partial charge in [0.1, 0.15) is 5.82 Å². The van der Waals surface area contributed by atoms with Gasteiger partial charge in [-0.15, -0.1) is 0 Å². The quantitative estimate of drug-likeness (QED) is 0.478. The summed E-state index contributed by atoms with van der Waals surface area (Å²) in [6, 6.07) is 6.25. The number of hydrogen-bond acceptors (Lipinski definition) is 4. The Bertz CT molecular complexity index is 1020. The van der Waals surface area contributed by atoms with Crippen molar-refractivity contribution in [2.45, 2.75) is 58.5 Å². The minimum atomic E-state index is -4.39. The summed E-state index contributed by atoms with van der Waals surface area (Å²) < 4.78 is 45.4. The molecule has 2 aliphatic rings. The molecule has 0 amide bonds. The smallest absolute Gasteiger partial charge is 0.384 e. The summed E-state index contributed by atoms with van der Waals surface area (Å²) in [6.07, 6.45) is 1.81. The number of halogens is 3. The molecule has 1 aromatic carbocycles. The topological polar surface area (TPSA) is 46.2 Å². The number of allylic oxidation sites excluding steroid dienone is 1. The van der Waals surface area contributed by atoms with Crippen LogP contribution in [0.5, 0.6) is 0 Å². The van der Waals surface area contributed by atoms with Gasteiger partial charge in [-0.2, -0.15) is 13.2 Å². The zero-order valence-corrected chi connectivity index (χ0v) is 19.5. The second-order valence-electron chi connectivity index (χ2n) is 9.38. The second-order valence-corrected chi connectivity index (χ2v) is 9.38. The van der Waals surface area contributed by atoms with Crippen LogP contribution in [0, 0.1) is 12.8 Å². The van der Waals surface area contributed by atoms with Crippen molar-refractivity contribution in [3.8, 4) is 0 Å². The number of rotatable bonds is 7. The van der Waals surface area contributed by atoms with Crippen LogP contribution in [0.15, 0.2) is 36.0 Å². The molecule has 4 rings (SSSR count). The van der Waals surface area contributed by atoms with E-state index < -0.39 is 11.7 Å². The number of nitrogens with one attached hydrogen (secondary N) is 2. The van der Waals surface area contributed by atoms with Crippen molar-refractivity contribution < 1.29 is 17.9 Å². The number of aryl methyl sites for hydroxylation is 1. The fourth-order valence-corrected chi connectivity index (χ4v) is 4.30. The van der Waals surface area contributed by atoms with Crippen LogP contribution < -0.4 is 10.6 Å². The van der Waals surface area contributed by atoms with Crippen molar-refractivity contribution in [1.82, 2.24) is 10.3 Å². The van der Waals surface area contributed by atoms with Crippen LogP contribution in [-0.4, -0.2) is 24.7 Å². The molecule has 2 fully saturated rings. The summed E-state index contributed by atoms with van der Waals surface area (Å²) >= 11 is 0. The summed E-state index contributed by atoms with van der Waals surface area (Å²) in [5, 5.41) is 6.77. The zero-order valence-electron chi connectivity index (χ0n) is 19.5. The van der Waals surface area contributed by atoms with Crippen LogP contribution in [0.3, 0.4) is 0 Å². The van der Waals surface area contributed by atoms with Gasteiger partial charge in [-0.1, -0.05) is 19.9 Å². The molecule has 0 spiro atoms. The molecule has 0 atom stereocenters. The van der Waals surface area contributed by atoms with E-state index in [1.165, 1.54) is 24.3 Å². The van der Waals surface area contributed by atoms with E-state index in [0.29, 0.717) is 17.4 Å². The highest BCUT2D eigenvalue weighted by Crippen LogP contribution is 2.39. The van der Waals surface area contributed by atoms with E-state index >= 15 is 0 Å². The van der Waals surface area contributed by atoms with Crippen molar-refractivity contribution >= 4 is 17.2 Å². The van der Waals surface area contributed by atoms with Crippen molar-refractivity contribution in [3.63, 3.8) is 0 Å². The van der Waals surface area contributed by atoms with E-state index in [0.717, 1.165) is 62.6 Å². The summed E-state index contributed by atoms with van der Waals surface area (Å²) in [7, 11) is 0. The highest BCUT2D eigenvalue weighted by atomic mass is 19.4. The minimum absolute atomic E-state index is 0.204. The van der Waals surface area contributed by atoms with Gasteiger partial charge in [-0.05, 0) is 79.3 Å². The average molecular weight is 460 g/mol. The second kappa shape index (κ2) is 9.75. The summed E-state index contributed by atoms with van der Waals surface area (Å²) in [4.78, 5) is 4.57. The van der Waals surface area contributed by atoms with E-state index in [2.05, 4.69) is 29.5 Å². The number of benzene rings is 1. The Balaban J connectivity index is 1.57. The Morgan fingerprint density at radius 3 is 2.52 bits per heavy atom. The van der Waals surface area contributed by atoms with Crippen LogP contribution in [0.25, 0.3) is 5.70 Å². The number of pyridine rings is 1. The van der Waals surface area contributed by atoms with E-state index in [4.69, 9.17) is 4.74 Å². The largest absolute Gasteiger partial charge is 0.416 e. The van der Waals surface area contributed by atoms with E-state index in [9.17, 15) is 13.2 Å². The normalized spacial score (nSPS) is 16.8. The molecule has 1 aliphatic carbocycles. The predicted molar refractivity (Wildman–Crippen MR) is 125 cm³/mol. The summed E-state index contributed by atoms with van der Waals surface area (Å²) in [5.74, 6) is 1.39. The van der Waals surface area contributed by atoms with Crippen LogP contribution in [-0.2, 0) is 10.9 Å². The van der Waals surface area contributed by atoms with E-state index in [-0.39, 0.29) is 11.5 Å². The average Bonchev–Trinajstić information content (AvgIpc) is 3.61. The molecule has 33 heavy (non-hydrogen) atoms. The van der Waals surface area contributed by atoms with Crippen molar-refractivity contribution in [3.05, 3.63) is 58.3 Å². The fourth-order valence-electron chi connectivity index (χ4n) is 4.30. The van der Waals surface area contributed by atoms with Crippen molar-refractivity contribution in [2.75, 3.05) is 25.1 Å². The van der Waals surface area contributed by atoms with Gasteiger partial charge < -0.3 is 15.4 Å². The van der Waals surface area contributed by atoms with E-state index in [1.54, 1.807) is 6.07 Å². The maximum absolute atomic E-state index is 13.3. The molecule has 2 aromatic rings. The number of anilines is 2. The van der Waals surface area contributed by atoms with Gasteiger partial charge in [0.05, 0.1) is 5.56 Å². The molecule has 4 nitrogen and oxygen atoms in total. The van der Waals surface area contributed by atoms with Crippen molar-refractivity contribution in [1.29, 1.82) is 0 Å². The monoisotopic (exact) mass is 459 g/mol. The lowest BCUT2D eigenvalue weighted by Gasteiger charge is -2.25. The Morgan fingerprint density at radius 2 is 1.88 bits per heavy atom. The first-order valence-corrected chi connectivity index (χ1v) is 11.7. The molecular formula is C26H32F3N3O. The molecular weight excluding hydrogens is 427 g/mol. The third-order valence-electron chi connectivity index (χ3n) is 6.40. The molecule has 1 aliphatic heterocycles. The summed E-state index contributed by atoms with van der Waals surface area (Å²) in [6.45, 7) is 8.30. The molecule has 0 bridgehead atoms. The predicted octanol–water partition coefficient (Wildman–Crippen LogP) is 6.80. The van der Waals surface area contributed by atoms with Gasteiger partial charge in [0.15, 0.2) is 0 Å². The molecule has 7 heteroatoms. The standard InChI is InChI=1S/C26H32F3N3O/c1-16(2)21-13-24(32-20-7-4-17(3)23(12-20)26(27,28)29)30-15-22(21)25(19-5-6-19)31-14-18-8-10-33-11-9-18/h4,7,12-13,15-16,18,31H,5-6,8-11,14H2,1-3H3,(H,30,32). The number of ether oxygens (including phenoxy) is 1. The SMILES string of the molecule is Cc1ccc(Nc2cc(C(C)C)c(C(NCC3CCOCC3)=C3CC3)cn2)cc1C(F)(F)F. The lowest BCUT2D eigenvalue weighted by molar-refractivity contribution is -0.138. The Labute approximate surface area is 193 Å². The maximum Gasteiger partial charge on any atom is 0.416 e. The molecule has 1 saturated heterocycles. The number of nitrogens with zero attached hydrogens (tertiary/aromatic N) is 1. The van der Waals surface area contributed by atoms with Crippen molar-refractivity contribution in [2.24, 2.45) is 5.92 Å². The molecule has 1 aromatic heterocycles. The Kier molecular flexibility index (Phi) is 6.98. The summed E-state index contributed by atoms with van der Waals surface area (Å²) in [5.41, 5.74) is 4.77. The van der Waals surface area contributed by atoms with Gasteiger partial charge in [0.2, 0.25) is 0 Å². The number of hydrogen-bond donors (Lipinski definition) is 2. The molecule has 1 saturated carbocycles. The molecule has 2 heterocycles. The lowest BCUT2D eigenvalue weighted by Crippen LogP contribution is -2.27. The Hall–Kier alpha value is -2.54. The molecule has 0 unspecified atom stereocenters. The van der Waals surface area contributed by atoms with Gasteiger partial charge >= 0.3 is 6.18 Å². The third kappa shape index (κ3) is 5.88. The van der Waals surface area contributed by atoms with Gasteiger partial charge in [0.25, 0.3) is 0 Å². The fraction of sp³-hybridized carbons (Fsp3) is 0.500. The lowest BCUT2D eigenvalue weighted by atomic mass is 9.95. The maximum atomic E-state index is 13.3. The highest BCUT2D eigenvalue weighted by Gasteiger charge is 2.32. The van der Waals surface area contributed by atoms with Crippen LogP contribution in [0.2, 0.25) is 0 Å². The first kappa shape index (κ1) is 23.6. The van der Waals surface area contributed by atoms with Gasteiger partial charge in [0, 0.05) is 42.9 Å². The zero-order chi connectivity index (χ0) is 23.6. The van der Waals surface area contributed by atoms with Crippen LogP contribution in [0.4, 0.5) is 24.7 Å². The molecule has 0 radical (unpaired) electrons. The van der Waals surface area contributed by atoms with Crippen LogP contribution in [0.1, 0.15) is 67.7 Å². The highest BCUT2D eigenvalue weighted by molar-refractivity contribution is 5.73. The minimum Gasteiger partial charge on any atom is -0.384 e. The number of aromatic nitrogens is 1. The first-order chi connectivity index (χ1) is 15.7. The molecule has 178 valence electrons. The number of alkyl halides is 3. The van der Waals surface area contributed by atoms with Gasteiger partial charge in [-0.25, -0.2) is 4.98 Å². The van der Waals surface area contributed by atoms with Gasteiger partial charge in [-0.3, -0.25) is 0 Å². The third-order valence-corrected chi connectivity index (χ3v) is 6.40. The Morgan fingerprint density at radius 1 is 1.15 bits per heavy atom. The molecule has 2 N–H and O–H groups in total. The van der Waals surface area contributed by atoms with E-state index in [1.807, 2.05) is 12.3 Å². The van der Waals surface area contributed by atoms with Crippen LogP contribution >= 0.6 is 0 Å². The first-order valence-electron chi connectivity index (χ1n) is 11.7.